The van der Waals surface area contributed by atoms with Crippen molar-refractivity contribution in [2.24, 2.45) is 11.8 Å². The van der Waals surface area contributed by atoms with Crippen LogP contribution in [-0.2, 0) is 4.74 Å². The van der Waals surface area contributed by atoms with Gasteiger partial charge in [0.2, 0.25) is 0 Å². The second kappa shape index (κ2) is 2.54. The molecule has 0 aromatic heterocycles. The van der Waals surface area contributed by atoms with Gasteiger partial charge in [-0.3, -0.25) is 0 Å². The van der Waals surface area contributed by atoms with Gasteiger partial charge < -0.3 is 4.74 Å². The van der Waals surface area contributed by atoms with Gasteiger partial charge in [0.1, 0.15) is 0 Å². The number of methoxy groups -OCH3 is 1. The van der Waals surface area contributed by atoms with E-state index in [2.05, 4.69) is 0 Å². The highest BCUT2D eigenvalue weighted by Crippen LogP contribution is 2.42. The summed E-state index contributed by atoms with van der Waals surface area (Å²) in [4.78, 5) is 0. The van der Waals surface area contributed by atoms with Crippen LogP contribution in [0.15, 0.2) is 0 Å². The summed E-state index contributed by atoms with van der Waals surface area (Å²) in [6, 6.07) is 0. The Kier molecular flexibility index (Phi) is 1.69. The van der Waals surface area contributed by atoms with E-state index in [0.717, 1.165) is 11.8 Å². The van der Waals surface area contributed by atoms with Crippen LogP contribution in [0.1, 0.15) is 32.1 Å². The lowest BCUT2D eigenvalue weighted by Gasteiger charge is -2.41. The van der Waals surface area contributed by atoms with Crippen LogP contribution in [0.3, 0.4) is 0 Å². The van der Waals surface area contributed by atoms with E-state index in [9.17, 15) is 0 Å². The van der Waals surface area contributed by atoms with Crippen molar-refractivity contribution >= 4 is 0 Å². The highest BCUT2D eigenvalue weighted by atomic mass is 16.5. The Morgan fingerprint density at radius 2 is 1.80 bits per heavy atom. The van der Waals surface area contributed by atoms with Crippen molar-refractivity contribution in [1.29, 1.82) is 0 Å². The molecule has 0 heterocycles. The minimum absolute atomic E-state index is 0.618. The van der Waals surface area contributed by atoms with Crippen LogP contribution in [-0.4, -0.2) is 13.2 Å². The normalized spacial score (nSPS) is 45.9. The van der Waals surface area contributed by atoms with Crippen molar-refractivity contribution in [3.8, 4) is 0 Å². The van der Waals surface area contributed by atoms with Gasteiger partial charge in [0.25, 0.3) is 0 Å². The molecule has 0 spiro atoms. The maximum atomic E-state index is 5.43. The topological polar surface area (TPSA) is 9.23 Å². The molecule has 3 aliphatic rings. The molecule has 0 radical (unpaired) electrons. The third kappa shape index (κ3) is 0.968. The van der Waals surface area contributed by atoms with Crippen molar-refractivity contribution in [3.05, 3.63) is 0 Å². The van der Waals surface area contributed by atoms with Crippen LogP contribution in [0, 0.1) is 11.8 Å². The standard InChI is InChI=1S/C9H16O/c1-10-9-6-7-2-4-8(9)5-3-7/h7-9H,2-6H2,1H3/t7?,8?,9-/m0/s1. The zero-order chi connectivity index (χ0) is 6.97. The molecule has 3 saturated carbocycles. The van der Waals surface area contributed by atoms with Gasteiger partial charge in [0, 0.05) is 7.11 Å². The largest absolute Gasteiger partial charge is 0.381 e. The van der Waals surface area contributed by atoms with Crippen LogP contribution in [0.25, 0.3) is 0 Å². The fourth-order valence-electron chi connectivity index (χ4n) is 2.61. The zero-order valence-corrected chi connectivity index (χ0v) is 6.68. The molecule has 1 heteroatoms. The fraction of sp³-hybridized carbons (Fsp3) is 1.00. The number of ether oxygens (including phenoxy) is 1. The summed E-state index contributed by atoms with van der Waals surface area (Å²) >= 11 is 0. The van der Waals surface area contributed by atoms with E-state index in [1.807, 2.05) is 7.11 Å². The zero-order valence-electron chi connectivity index (χ0n) is 6.68. The molecular formula is C9H16O. The van der Waals surface area contributed by atoms with Gasteiger partial charge in [-0.2, -0.15) is 0 Å². The van der Waals surface area contributed by atoms with E-state index in [1.165, 1.54) is 32.1 Å². The Balaban J connectivity index is 2.01. The summed E-state index contributed by atoms with van der Waals surface area (Å²) < 4.78 is 5.43. The van der Waals surface area contributed by atoms with E-state index in [1.54, 1.807) is 0 Å². The average Bonchev–Trinajstić information content (AvgIpc) is 2.06. The van der Waals surface area contributed by atoms with Gasteiger partial charge >= 0.3 is 0 Å². The van der Waals surface area contributed by atoms with Crippen molar-refractivity contribution in [3.63, 3.8) is 0 Å². The highest BCUT2D eigenvalue weighted by Gasteiger charge is 2.35. The van der Waals surface area contributed by atoms with Gasteiger partial charge in [-0.1, -0.05) is 0 Å². The fourth-order valence-corrected chi connectivity index (χ4v) is 2.61. The SMILES string of the molecule is CO[C@H]1CC2CCC1CC2. The molecule has 0 unspecified atom stereocenters. The first kappa shape index (κ1) is 6.66. The predicted octanol–water partition coefficient (Wildman–Crippen LogP) is 2.21. The molecule has 58 valence electrons. The summed E-state index contributed by atoms with van der Waals surface area (Å²) in [5.41, 5.74) is 0. The van der Waals surface area contributed by atoms with Crippen LogP contribution in [0.5, 0.6) is 0 Å². The summed E-state index contributed by atoms with van der Waals surface area (Å²) in [6.45, 7) is 0. The third-order valence-electron chi connectivity index (χ3n) is 3.29. The number of hydrogen-bond acceptors (Lipinski definition) is 1. The van der Waals surface area contributed by atoms with Gasteiger partial charge in [0.05, 0.1) is 6.10 Å². The lowest BCUT2D eigenvalue weighted by atomic mass is 9.69. The van der Waals surface area contributed by atoms with E-state index in [4.69, 9.17) is 4.74 Å². The first-order valence-corrected chi connectivity index (χ1v) is 4.43. The number of hydrogen-bond donors (Lipinski definition) is 0. The molecule has 0 amide bonds. The van der Waals surface area contributed by atoms with E-state index in [-0.39, 0.29) is 0 Å². The van der Waals surface area contributed by atoms with Gasteiger partial charge in [-0.15, -0.1) is 0 Å². The van der Waals surface area contributed by atoms with Crippen LogP contribution >= 0.6 is 0 Å². The summed E-state index contributed by atoms with van der Waals surface area (Å²) in [5.74, 6) is 1.92. The number of rotatable bonds is 1. The second-order valence-corrected chi connectivity index (χ2v) is 3.79. The van der Waals surface area contributed by atoms with Crippen LogP contribution < -0.4 is 0 Å². The summed E-state index contributed by atoms with van der Waals surface area (Å²) in [5, 5.41) is 0. The maximum Gasteiger partial charge on any atom is 0.0602 e. The van der Waals surface area contributed by atoms with Gasteiger partial charge in [-0.25, -0.2) is 0 Å². The third-order valence-corrected chi connectivity index (χ3v) is 3.29. The van der Waals surface area contributed by atoms with Crippen molar-refractivity contribution in [1.82, 2.24) is 0 Å². The molecule has 0 aromatic carbocycles. The molecule has 0 N–H and O–H groups in total. The Labute approximate surface area is 62.8 Å². The lowest BCUT2D eigenvalue weighted by Crippen LogP contribution is -2.36. The molecule has 0 aromatic rings. The van der Waals surface area contributed by atoms with E-state index < -0.39 is 0 Å². The van der Waals surface area contributed by atoms with Crippen molar-refractivity contribution in [2.75, 3.05) is 7.11 Å². The molecule has 2 bridgehead atoms. The number of fused-ring (bicyclic) bond motifs is 3. The first-order valence-electron chi connectivity index (χ1n) is 4.43. The van der Waals surface area contributed by atoms with Gasteiger partial charge in [-0.05, 0) is 43.9 Å². The molecule has 1 atom stereocenters. The summed E-state index contributed by atoms with van der Waals surface area (Å²) in [7, 11) is 1.87. The van der Waals surface area contributed by atoms with Crippen LogP contribution in [0.2, 0.25) is 0 Å². The Bertz CT molecular complexity index is 114. The maximum absolute atomic E-state index is 5.43. The molecule has 1 nitrogen and oxygen atoms in total. The highest BCUT2D eigenvalue weighted by molar-refractivity contribution is 4.86. The van der Waals surface area contributed by atoms with E-state index in [0.29, 0.717) is 6.10 Å². The second-order valence-electron chi connectivity index (χ2n) is 3.79. The predicted molar refractivity (Wildman–Crippen MR) is 40.9 cm³/mol. The minimum Gasteiger partial charge on any atom is -0.381 e. The van der Waals surface area contributed by atoms with Gasteiger partial charge in [0.15, 0.2) is 0 Å². The molecule has 3 aliphatic carbocycles. The quantitative estimate of drug-likeness (QED) is 0.542. The lowest BCUT2D eigenvalue weighted by molar-refractivity contribution is -0.0288. The smallest absolute Gasteiger partial charge is 0.0602 e. The Morgan fingerprint density at radius 1 is 1.10 bits per heavy atom. The van der Waals surface area contributed by atoms with Crippen LogP contribution in [0.4, 0.5) is 0 Å². The molecule has 3 fully saturated rings. The van der Waals surface area contributed by atoms with Crippen molar-refractivity contribution in [2.45, 2.75) is 38.2 Å². The van der Waals surface area contributed by atoms with Crippen molar-refractivity contribution < 1.29 is 4.74 Å². The molecular weight excluding hydrogens is 124 g/mol. The van der Waals surface area contributed by atoms with E-state index >= 15 is 0 Å². The Hall–Kier alpha value is -0.0400. The molecule has 3 rings (SSSR count). The minimum atomic E-state index is 0.618. The average molecular weight is 140 g/mol. The monoisotopic (exact) mass is 140 g/mol. The first-order chi connectivity index (χ1) is 4.90. The molecule has 10 heavy (non-hydrogen) atoms. The molecule has 0 aliphatic heterocycles. The Morgan fingerprint density at radius 3 is 2.10 bits per heavy atom. The summed E-state index contributed by atoms with van der Waals surface area (Å²) in [6.07, 6.45) is 7.79. The molecule has 0 saturated heterocycles.